The largest absolute Gasteiger partial charge is 0.357 e. The second-order valence-corrected chi connectivity index (χ2v) is 7.94. The average Bonchev–Trinajstić information content (AvgIpc) is 3.31. The maximum absolute atomic E-state index is 12.9. The fourth-order valence-electron chi connectivity index (χ4n) is 3.27. The normalized spacial score (nSPS) is 17.5. The molecule has 146 valence electrons. The number of aromatic nitrogens is 2. The summed E-state index contributed by atoms with van der Waals surface area (Å²) < 4.78 is 14.8. The minimum absolute atomic E-state index is 0.186. The van der Waals surface area contributed by atoms with Crippen molar-refractivity contribution in [3.63, 3.8) is 0 Å². The van der Waals surface area contributed by atoms with Crippen molar-refractivity contribution >= 4 is 17.7 Å². The maximum atomic E-state index is 12.9. The second kappa shape index (κ2) is 9.78. The molecule has 1 atom stereocenters. The van der Waals surface area contributed by atoms with Crippen LogP contribution in [-0.2, 0) is 7.05 Å². The quantitative estimate of drug-likeness (QED) is 0.341. The molecule has 27 heavy (non-hydrogen) atoms. The Balaban J connectivity index is 1.47. The lowest BCUT2D eigenvalue weighted by Crippen LogP contribution is -2.40. The van der Waals surface area contributed by atoms with Crippen molar-refractivity contribution in [2.24, 2.45) is 12.0 Å². The number of hydrogen-bond acceptors (Lipinski definition) is 3. The molecule has 0 saturated carbocycles. The van der Waals surface area contributed by atoms with Crippen molar-refractivity contribution in [2.45, 2.75) is 30.6 Å². The van der Waals surface area contributed by atoms with E-state index in [1.807, 2.05) is 30.1 Å². The maximum Gasteiger partial charge on any atom is 0.193 e. The first-order valence-electron chi connectivity index (χ1n) is 9.56. The van der Waals surface area contributed by atoms with Gasteiger partial charge in [-0.25, -0.2) is 4.39 Å². The van der Waals surface area contributed by atoms with Crippen molar-refractivity contribution in [1.29, 1.82) is 0 Å². The molecule has 1 aliphatic rings. The molecule has 1 aromatic carbocycles. The summed E-state index contributed by atoms with van der Waals surface area (Å²) in [5.74, 6) is 2.33. The first kappa shape index (κ1) is 19.7. The molecule has 0 radical (unpaired) electrons. The molecule has 0 aliphatic carbocycles. The molecular formula is C20H28FN5S. The first-order chi connectivity index (χ1) is 13.2. The van der Waals surface area contributed by atoms with Gasteiger partial charge in [-0.15, -0.1) is 11.8 Å². The zero-order chi connectivity index (χ0) is 19.1. The third kappa shape index (κ3) is 5.73. The number of likely N-dealkylation sites (tertiary alicyclic amines) is 1. The molecule has 2 aromatic rings. The number of thioether (sulfide) groups is 1. The molecule has 1 N–H and O–H groups in total. The van der Waals surface area contributed by atoms with Crippen LogP contribution in [0.5, 0.6) is 0 Å². The van der Waals surface area contributed by atoms with Gasteiger partial charge in [0, 0.05) is 50.2 Å². The Hall–Kier alpha value is -2.02. The number of hydrogen-bond donors (Lipinski definition) is 1. The van der Waals surface area contributed by atoms with E-state index in [4.69, 9.17) is 4.99 Å². The van der Waals surface area contributed by atoms with Crippen LogP contribution in [0.15, 0.2) is 46.5 Å². The monoisotopic (exact) mass is 389 g/mol. The van der Waals surface area contributed by atoms with Crippen molar-refractivity contribution in [3.8, 4) is 0 Å². The topological polar surface area (TPSA) is 45.5 Å². The average molecular weight is 390 g/mol. The van der Waals surface area contributed by atoms with E-state index in [2.05, 4.69) is 28.4 Å². The Labute approximate surface area is 165 Å². The van der Waals surface area contributed by atoms with Gasteiger partial charge >= 0.3 is 0 Å². The molecule has 5 nitrogen and oxygen atoms in total. The Morgan fingerprint density at radius 3 is 2.89 bits per heavy atom. The van der Waals surface area contributed by atoms with Gasteiger partial charge in [0.05, 0.1) is 6.20 Å². The number of halogens is 1. The Morgan fingerprint density at radius 1 is 1.37 bits per heavy atom. The second-order valence-electron chi connectivity index (χ2n) is 6.77. The summed E-state index contributed by atoms with van der Waals surface area (Å²) in [6.07, 6.45) is 6.23. The number of aliphatic imine (C=N–C) groups is 1. The van der Waals surface area contributed by atoms with E-state index in [0.717, 1.165) is 55.6 Å². The van der Waals surface area contributed by atoms with Crippen LogP contribution in [0.1, 0.15) is 31.2 Å². The SMILES string of the molecule is CCNC(=NCCCSc1ccc(F)cc1)N1CCC(c2cnn(C)c2)C1. The van der Waals surface area contributed by atoms with Crippen molar-refractivity contribution in [1.82, 2.24) is 20.0 Å². The molecule has 2 heterocycles. The third-order valence-corrected chi connectivity index (χ3v) is 5.76. The van der Waals surface area contributed by atoms with Crippen LogP contribution in [0.25, 0.3) is 0 Å². The predicted molar refractivity (Wildman–Crippen MR) is 110 cm³/mol. The van der Waals surface area contributed by atoms with E-state index >= 15 is 0 Å². The molecule has 0 amide bonds. The summed E-state index contributed by atoms with van der Waals surface area (Å²) in [5, 5.41) is 7.72. The molecule has 0 spiro atoms. The van der Waals surface area contributed by atoms with E-state index in [1.54, 1.807) is 11.8 Å². The Bertz CT molecular complexity index is 743. The zero-order valence-corrected chi connectivity index (χ0v) is 16.9. The molecule has 1 fully saturated rings. The minimum atomic E-state index is -0.186. The van der Waals surface area contributed by atoms with Crippen molar-refractivity contribution in [2.75, 3.05) is 31.9 Å². The predicted octanol–water partition coefficient (Wildman–Crippen LogP) is 3.50. The highest BCUT2D eigenvalue weighted by Gasteiger charge is 2.26. The van der Waals surface area contributed by atoms with E-state index in [9.17, 15) is 4.39 Å². The lowest BCUT2D eigenvalue weighted by molar-refractivity contribution is 0.486. The van der Waals surface area contributed by atoms with Crippen molar-refractivity contribution in [3.05, 3.63) is 48.0 Å². The van der Waals surface area contributed by atoms with E-state index in [1.165, 1.54) is 17.7 Å². The number of rotatable bonds is 7. The number of benzene rings is 1. The van der Waals surface area contributed by atoms with Gasteiger partial charge in [0.25, 0.3) is 0 Å². The summed E-state index contributed by atoms with van der Waals surface area (Å²) in [5.41, 5.74) is 1.31. The summed E-state index contributed by atoms with van der Waals surface area (Å²) in [6.45, 7) is 5.79. The summed E-state index contributed by atoms with van der Waals surface area (Å²) in [6, 6.07) is 6.68. The highest BCUT2D eigenvalue weighted by Crippen LogP contribution is 2.26. The third-order valence-electron chi connectivity index (χ3n) is 4.67. The van der Waals surface area contributed by atoms with Gasteiger partial charge in [-0.3, -0.25) is 9.67 Å². The van der Waals surface area contributed by atoms with Crippen LogP contribution >= 0.6 is 11.8 Å². The van der Waals surface area contributed by atoms with Crippen molar-refractivity contribution < 1.29 is 4.39 Å². The highest BCUT2D eigenvalue weighted by molar-refractivity contribution is 7.99. The van der Waals surface area contributed by atoms with Gasteiger partial charge in [-0.05, 0) is 55.3 Å². The van der Waals surface area contributed by atoms with Crippen LogP contribution < -0.4 is 5.32 Å². The van der Waals surface area contributed by atoms with E-state index in [-0.39, 0.29) is 5.82 Å². The fraction of sp³-hybridized carbons (Fsp3) is 0.500. The Kier molecular flexibility index (Phi) is 7.15. The van der Waals surface area contributed by atoms with Crippen LogP contribution in [-0.4, -0.2) is 52.6 Å². The van der Waals surface area contributed by atoms with Gasteiger partial charge in [0.15, 0.2) is 5.96 Å². The molecule has 1 unspecified atom stereocenters. The van der Waals surface area contributed by atoms with Gasteiger partial charge in [0.1, 0.15) is 5.82 Å². The fourth-order valence-corrected chi connectivity index (χ4v) is 4.11. The van der Waals surface area contributed by atoms with Crippen LogP contribution in [0.4, 0.5) is 4.39 Å². The smallest absolute Gasteiger partial charge is 0.193 e. The molecular weight excluding hydrogens is 361 g/mol. The van der Waals surface area contributed by atoms with Gasteiger partial charge in [0.2, 0.25) is 0 Å². The summed E-state index contributed by atoms with van der Waals surface area (Å²) >= 11 is 1.75. The molecule has 1 saturated heterocycles. The van der Waals surface area contributed by atoms with E-state index < -0.39 is 0 Å². The first-order valence-corrected chi connectivity index (χ1v) is 10.5. The van der Waals surface area contributed by atoms with Crippen LogP contribution in [0.3, 0.4) is 0 Å². The number of nitrogens with one attached hydrogen (secondary N) is 1. The standard InChI is InChI=1S/C20H28FN5S/c1-3-22-20(23-10-4-12-27-19-7-5-18(21)6-8-19)26-11-9-16(15-26)17-13-24-25(2)14-17/h5-8,13-14,16H,3-4,9-12,15H2,1-2H3,(H,22,23). The van der Waals surface area contributed by atoms with Gasteiger partial charge in [-0.2, -0.15) is 5.10 Å². The lowest BCUT2D eigenvalue weighted by atomic mass is 10.0. The van der Waals surface area contributed by atoms with E-state index in [0.29, 0.717) is 5.92 Å². The van der Waals surface area contributed by atoms with Crippen LogP contribution in [0, 0.1) is 5.82 Å². The number of aryl methyl sites for hydroxylation is 1. The lowest BCUT2D eigenvalue weighted by Gasteiger charge is -2.21. The molecule has 7 heteroatoms. The number of guanidine groups is 1. The Morgan fingerprint density at radius 2 is 2.19 bits per heavy atom. The molecule has 1 aromatic heterocycles. The minimum Gasteiger partial charge on any atom is -0.357 e. The summed E-state index contributed by atoms with van der Waals surface area (Å²) in [4.78, 5) is 8.27. The summed E-state index contributed by atoms with van der Waals surface area (Å²) in [7, 11) is 1.96. The van der Waals surface area contributed by atoms with Gasteiger partial charge < -0.3 is 10.2 Å². The molecule has 3 rings (SSSR count). The van der Waals surface area contributed by atoms with Gasteiger partial charge in [-0.1, -0.05) is 0 Å². The molecule has 0 bridgehead atoms. The molecule has 1 aliphatic heterocycles. The number of nitrogens with zero attached hydrogens (tertiary/aromatic N) is 4. The zero-order valence-electron chi connectivity index (χ0n) is 16.1. The highest BCUT2D eigenvalue weighted by atomic mass is 32.2. The van der Waals surface area contributed by atoms with Crippen LogP contribution in [0.2, 0.25) is 0 Å².